The van der Waals surface area contributed by atoms with Crippen LogP contribution in [0, 0.1) is 17.1 Å². The van der Waals surface area contributed by atoms with E-state index < -0.39 is 11.7 Å². The van der Waals surface area contributed by atoms with Gasteiger partial charge in [-0.2, -0.15) is 5.26 Å². The third-order valence-corrected chi connectivity index (χ3v) is 1.71. The summed E-state index contributed by atoms with van der Waals surface area (Å²) < 4.78 is 18.1. The van der Waals surface area contributed by atoms with Crippen LogP contribution < -0.4 is 15.8 Å². The molecule has 0 aliphatic carbocycles. The van der Waals surface area contributed by atoms with Crippen LogP contribution in [0.3, 0.4) is 0 Å². The topological polar surface area (TPSA) is 88.1 Å². The zero-order chi connectivity index (χ0) is 12.0. The number of ether oxygens (including phenoxy) is 1. The van der Waals surface area contributed by atoms with Crippen LogP contribution in [0.2, 0.25) is 0 Å². The number of hydrogen-bond donors (Lipinski definition) is 2. The number of anilines is 1. The molecule has 5 nitrogen and oxygen atoms in total. The van der Waals surface area contributed by atoms with Gasteiger partial charge in [-0.3, -0.25) is 4.79 Å². The molecule has 0 radical (unpaired) electrons. The molecular weight excluding hydrogens is 213 g/mol. The smallest absolute Gasteiger partial charge is 0.258 e. The lowest BCUT2D eigenvalue weighted by molar-refractivity contribution is -0.122. The monoisotopic (exact) mass is 223 g/mol. The first-order chi connectivity index (χ1) is 7.65. The number of carbonyl (C=O) groups excluding carboxylic acids is 1. The molecule has 0 aliphatic rings. The molecule has 84 valence electrons. The number of nitriles is 1. The summed E-state index contributed by atoms with van der Waals surface area (Å²) in [7, 11) is 0. The summed E-state index contributed by atoms with van der Waals surface area (Å²) in [5.74, 6) is -1.30. The maximum Gasteiger partial charge on any atom is 0.258 e. The molecule has 0 unspecified atom stereocenters. The molecule has 0 spiro atoms. The maximum atomic E-state index is 13.2. The van der Waals surface area contributed by atoms with Crippen molar-refractivity contribution in [2.24, 2.45) is 0 Å². The Labute approximate surface area is 91.6 Å². The van der Waals surface area contributed by atoms with Gasteiger partial charge >= 0.3 is 0 Å². The summed E-state index contributed by atoms with van der Waals surface area (Å²) in [6.45, 7) is -0.498. The predicted molar refractivity (Wildman–Crippen MR) is 54.9 cm³/mol. The van der Waals surface area contributed by atoms with Crippen LogP contribution in [0.5, 0.6) is 5.75 Å². The zero-order valence-electron chi connectivity index (χ0n) is 8.37. The lowest BCUT2D eigenvalue weighted by Crippen LogP contribution is -2.29. The van der Waals surface area contributed by atoms with Gasteiger partial charge in [0.15, 0.2) is 18.2 Å². The molecule has 0 aliphatic heterocycles. The van der Waals surface area contributed by atoms with Crippen molar-refractivity contribution in [2.45, 2.75) is 0 Å². The van der Waals surface area contributed by atoms with Crippen molar-refractivity contribution in [1.82, 2.24) is 5.32 Å². The van der Waals surface area contributed by atoms with E-state index in [0.29, 0.717) is 0 Å². The van der Waals surface area contributed by atoms with Gasteiger partial charge in [-0.05, 0) is 12.1 Å². The summed E-state index contributed by atoms with van der Waals surface area (Å²) in [5, 5.41) is 10.5. The van der Waals surface area contributed by atoms with Crippen molar-refractivity contribution < 1.29 is 13.9 Å². The first-order valence-corrected chi connectivity index (χ1v) is 4.45. The van der Waals surface area contributed by atoms with Crippen LogP contribution in [0.15, 0.2) is 18.2 Å². The van der Waals surface area contributed by atoms with E-state index in [4.69, 9.17) is 15.7 Å². The molecule has 3 N–H and O–H groups in total. The van der Waals surface area contributed by atoms with E-state index >= 15 is 0 Å². The number of nitrogen functional groups attached to an aromatic ring is 1. The highest BCUT2D eigenvalue weighted by Crippen LogP contribution is 2.24. The number of rotatable bonds is 4. The van der Waals surface area contributed by atoms with E-state index in [0.717, 1.165) is 0 Å². The Bertz CT molecular complexity index is 408. The van der Waals surface area contributed by atoms with Crippen molar-refractivity contribution in [3.8, 4) is 11.8 Å². The van der Waals surface area contributed by atoms with E-state index in [2.05, 4.69) is 5.32 Å². The predicted octanol–water partition coefficient (Wildman–Crippen LogP) is 0.426. The number of carbonyl (C=O) groups is 1. The van der Waals surface area contributed by atoms with E-state index in [-0.39, 0.29) is 24.6 Å². The van der Waals surface area contributed by atoms with Gasteiger partial charge < -0.3 is 15.8 Å². The van der Waals surface area contributed by atoms with E-state index in [1.165, 1.54) is 18.2 Å². The lowest BCUT2D eigenvalue weighted by atomic mass is 10.3. The Morgan fingerprint density at radius 3 is 3.00 bits per heavy atom. The van der Waals surface area contributed by atoms with Crippen molar-refractivity contribution >= 4 is 11.6 Å². The molecule has 6 heteroatoms. The lowest BCUT2D eigenvalue weighted by Gasteiger charge is -2.08. The summed E-state index contributed by atoms with van der Waals surface area (Å²) in [5.41, 5.74) is 5.58. The highest BCUT2D eigenvalue weighted by molar-refractivity contribution is 5.77. The highest BCUT2D eigenvalue weighted by Gasteiger charge is 2.09. The Morgan fingerprint density at radius 2 is 2.38 bits per heavy atom. The van der Waals surface area contributed by atoms with E-state index in [1.807, 2.05) is 0 Å². The Hall–Kier alpha value is -2.29. The van der Waals surface area contributed by atoms with Gasteiger partial charge in [-0.1, -0.05) is 6.07 Å². The fourth-order valence-electron chi connectivity index (χ4n) is 1.00. The molecule has 0 heterocycles. The molecule has 1 rings (SSSR count). The summed E-state index contributed by atoms with van der Waals surface area (Å²) >= 11 is 0. The van der Waals surface area contributed by atoms with Gasteiger partial charge in [0, 0.05) is 0 Å². The van der Waals surface area contributed by atoms with E-state index in [1.54, 1.807) is 6.07 Å². The van der Waals surface area contributed by atoms with Gasteiger partial charge in [-0.25, -0.2) is 4.39 Å². The molecule has 0 bridgehead atoms. The second-order valence-electron chi connectivity index (χ2n) is 2.88. The van der Waals surface area contributed by atoms with Gasteiger partial charge in [0.25, 0.3) is 5.91 Å². The molecule has 0 fully saturated rings. The number of amides is 1. The number of hydrogen-bond acceptors (Lipinski definition) is 4. The van der Waals surface area contributed by atoms with Crippen LogP contribution >= 0.6 is 0 Å². The molecule has 0 saturated heterocycles. The standard InChI is InChI=1S/C10H10FN3O2/c11-7-2-1-3-8(13)10(7)16-6-9(15)14-5-4-12/h1-3H,5-6,13H2,(H,14,15). The number of benzene rings is 1. The van der Waals surface area contributed by atoms with Gasteiger partial charge in [0.1, 0.15) is 6.54 Å². The normalized spacial score (nSPS) is 9.25. The largest absolute Gasteiger partial charge is 0.479 e. The molecule has 16 heavy (non-hydrogen) atoms. The fraction of sp³-hybridized carbons (Fsp3) is 0.200. The SMILES string of the molecule is N#CCNC(=O)COc1c(N)cccc1F. The minimum absolute atomic E-state index is 0.116. The second kappa shape index (κ2) is 5.56. The van der Waals surface area contributed by atoms with Crippen LogP contribution in [0.1, 0.15) is 0 Å². The van der Waals surface area contributed by atoms with Gasteiger partial charge in [-0.15, -0.1) is 0 Å². The van der Waals surface area contributed by atoms with Crippen LogP contribution in [0.4, 0.5) is 10.1 Å². The Balaban J connectivity index is 2.55. The highest BCUT2D eigenvalue weighted by atomic mass is 19.1. The zero-order valence-corrected chi connectivity index (χ0v) is 8.37. The van der Waals surface area contributed by atoms with Crippen LogP contribution in [0.25, 0.3) is 0 Å². The first-order valence-electron chi connectivity index (χ1n) is 4.45. The van der Waals surface area contributed by atoms with Gasteiger partial charge in [0.2, 0.25) is 0 Å². The van der Waals surface area contributed by atoms with E-state index in [9.17, 15) is 9.18 Å². The number of halogens is 1. The minimum Gasteiger partial charge on any atom is -0.479 e. The molecular formula is C10H10FN3O2. The summed E-state index contributed by atoms with van der Waals surface area (Å²) in [6, 6.07) is 5.81. The average molecular weight is 223 g/mol. The molecule has 1 aromatic rings. The first kappa shape index (κ1) is 11.8. The minimum atomic E-state index is -0.631. The number of nitrogens with two attached hydrogens (primary N) is 1. The Kier molecular flexibility index (Phi) is 4.09. The second-order valence-corrected chi connectivity index (χ2v) is 2.88. The Morgan fingerprint density at radius 1 is 1.62 bits per heavy atom. The fourth-order valence-corrected chi connectivity index (χ4v) is 1.00. The van der Waals surface area contributed by atoms with Crippen molar-refractivity contribution in [3.63, 3.8) is 0 Å². The molecule has 1 aromatic carbocycles. The van der Waals surface area contributed by atoms with Crippen LogP contribution in [-0.2, 0) is 4.79 Å². The van der Waals surface area contributed by atoms with Gasteiger partial charge in [0.05, 0.1) is 11.8 Å². The summed E-state index contributed by atoms with van der Waals surface area (Å²) in [4.78, 5) is 11.0. The molecule has 0 aromatic heterocycles. The average Bonchev–Trinajstić information content (AvgIpc) is 2.25. The van der Waals surface area contributed by atoms with Crippen molar-refractivity contribution in [1.29, 1.82) is 5.26 Å². The maximum absolute atomic E-state index is 13.2. The number of nitrogens with zero attached hydrogens (tertiary/aromatic N) is 1. The molecule has 1 amide bonds. The quantitative estimate of drug-likeness (QED) is 0.572. The third-order valence-electron chi connectivity index (χ3n) is 1.71. The third kappa shape index (κ3) is 3.13. The summed E-state index contributed by atoms with van der Waals surface area (Å²) in [6.07, 6.45) is 0. The molecule has 0 atom stereocenters. The molecule has 0 saturated carbocycles. The van der Waals surface area contributed by atoms with Crippen molar-refractivity contribution in [2.75, 3.05) is 18.9 Å². The van der Waals surface area contributed by atoms with Crippen LogP contribution in [-0.4, -0.2) is 19.1 Å². The number of nitrogens with one attached hydrogen (secondary N) is 1. The number of para-hydroxylation sites is 1. The van der Waals surface area contributed by atoms with Crippen molar-refractivity contribution in [3.05, 3.63) is 24.0 Å².